The number of hydrogen-bond donors (Lipinski definition) is 1. The van der Waals surface area contributed by atoms with Crippen molar-refractivity contribution < 1.29 is 23.1 Å². The number of aromatic nitrogens is 1. The number of rotatable bonds is 3. The summed E-state index contributed by atoms with van der Waals surface area (Å²) in [7, 11) is 0. The fraction of sp³-hybridized carbons (Fsp3) is 0.455. The third-order valence-corrected chi connectivity index (χ3v) is 6.07. The molecule has 160 valence electrons. The second kappa shape index (κ2) is 7.91. The number of halogens is 3. The van der Waals surface area contributed by atoms with E-state index in [9.17, 15) is 23.1 Å². The largest absolute Gasteiger partial charge is 0.417 e. The summed E-state index contributed by atoms with van der Waals surface area (Å²) < 4.78 is 39.7. The van der Waals surface area contributed by atoms with Crippen molar-refractivity contribution in [1.29, 1.82) is 0 Å². The molecule has 2 aromatic rings. The van der Waals surface area contributed by atoms with Gasteiger partial charge in [0.05, 0.1) is 16.7 Å². The Morgan fingerprint density at radius 2 is 1.67 bits per heavy atom. The molecule has 0 bridgehead atoms. The van der Waals surface area contributed by atoms with Crippen LogP contribution in [-0.4, -0.2) is 47.1 Å². The van der Waals surface area contributed by atoms with Crippen LogP contribution >= 0.6 is 0 Å². The van der Waals surface area contributed by atoms with Gasteiger partial charge in [-0.3, -0.25) is 4.79 Å². The molecule has 4 rings (SSSR count). The minimum atomic E-state index is -4.57. The third-order valence-electron chi connectivity index (χ3n) is 6.07. The summed E-state index contributed by atoms with van der Waals surface area (Å²) >= 11 is 0. The van der Waals surface area contributed by atoms with Crippen LogP contribution in [0, 0.1) is 0 Å². The number of hydrogen-bond acceptors (Lipinski definition) is 4. The number of carbonyl (C=O) groups excluding carboxylic acids is 1. The molecule has 0 unspecified atom stereocenters. The van der Waals surface area contributed by atoms with Crippen LogP contribution in [0.5, 0.6) is 0 Å². The molecule has 1 N–H and O–H groups in total. The van der Waals surface area contributed by atoms with Crippen molar-refractivity contribution in [3.05, 3.63) is 59.3 Å². The lowest BCUT2D eigenvalue weighted by Crippen LogP contribution is -2.49. The zero-order valence-corrected chi connectivity index (χ0v) is 16.5. The summed E-state index contributed by atoms with van der Waals surface area (Å²) in [5.74, 6) is 0.137. The van der Waals surface area contributed by atoms with Gasteiger partial charge in [0.2, 0.25) is 0 Å². The average Bonchev–Trinajstić information content (AvgIpc) is 3.21. The van der Waals surface area contributed by atoms with Crippen LogP contribution in [0.1, 0.15) is 47.2 Å². The molecule has 0 atom stereocenters. The van der Waals surface area contributed by atoms with Gasteiger partial charge in [-0.1, -0.05) is 31.0 Å². The number of anilines is 1. The Bertz CT molecular complexity index is 901. The van der Waals surface area contributed by atoms with Crippen LogP contribution in [0.4, 0.5) is 19.0 Å². The van der Waals surface area contributed by atoms with E-state index in [1.165, 1.54) is 23.1 Å². The number of piperazine rings is 1. The molecule has 2 aliphatic rings. The molecule has 1 amide bonds. The van der Waals surface area contributed by atoms with Crippen molar-refractivity contribution in [3.63, 3.8) is 0 Å². The molecular weight excluding hydrogens is 395 g/mol. The number of carbonyl (C=O) groups is 1. The lowest BCUT2D eigenvalue weighted by atomic mass is 9.94. The van der Waals surface area contributed by atoms with Crippen molar-refractivity contribution in [2.75, 3.05) is 31.1 Å². The summed E-state index contributed by atoms with van der Waals surface area (Å²) in [6.07, 6.45) is 0.640. The van der Waals surface area contributed by atoms with Gasteiger partial charge < -0.3 is 14.9 Å². The van der Waals surface area contributed by atoms with Crippen LogP contribution in [0.15, 0.2) is 42.6 Å². The molecule has 2 fully saturated rings. The summed E-state index contributed by atoms with van der Waals surface area (Å²) in [6.45, 7) is 1.60. The van der Waals surface area contributed by atoms with Crippen LogP contribution in [-0.2, 0) is 11.8 Å². The van der Waals surface area contributed by atoms with E-state index in [1.807, 2.05) is 17.0 Å². The van der Waals surface area contributed by atoms with Crippen molar-refractivity contribution in [2.24, 2.45) is 0 Å². The molecule has 1 saturated carbocycles. The van der Waals surface area contributed by atoms with Crippen LogP contribution in [0.25, 0.3) is 0 Å². The van der Waals surface area contributed by atoms with Gasteiger partial charge in [0, 0.05) is 37.9 Å². The quantitative estimate of drug-likeness (QED) is 0.822. The smallest absolute Gasteiger partial charge is 0.385 e. The predicted molar refractivity (Wildman–Crippen MR) is 106 cm³/mol. The molecule has 2 heterocycles. The van der Waals surface area contributed by atoms with Gasteiger partial charge in [-0.15, -0.1) is 0 Å². The van der Waals surface area contributed by atoms with E-state index in [2.05, 4.69) is 4.98 Å². The first-order valence-corrected chi connectivity index (χ1v) is 10.2. The minimum absolute atomic E-state index is 0.314. The first kappa shape index (κ1) is 20.7. The lowest BCUT2D eigenvalue weighted by molar-refractivity contribution is -0.138. The van der Waals surface area contributed by atoms with E-state index in [-0.39, 0.29) is 5.56 Å². The Balaban J connectivity index is 1.41. The number of benzene rings is 1. The number of aliphatic hydroxyl groups is 1. The molecule has 0 spiro atoms. The summed E-state index contributed by atoms with van der Waals surface area (Å²) in [4.78, 5) is 20.6. The van der Waals surface area contributed by atoms with Gasteiger partial charge in [0.1, 0.15) is 5.82 Å². The Labute approximate surface area is 173 Å². The second-order valence-corrected chi connectivity index (χ2v) is 7.97. The monoisotopic (exact) mass is 419 g/mol. The maximum absolute atomic E-state index is 13.2. The Morgan fingerprint density at radius 1 is 1.00 bits per heavy atom. The van der Waals surface area contributed by atoms with Gasteiger partial charge in [-0.25, -0.2) is 4.98 Å². The highest BCUT2D eigenvalue weighted by Crippen LogP contribution is 2.38. The van der Waals surface area contributed by atoms with E-state index < -0.39 is 23.2 Å². The lowest BCUT2D eigenvalue weighted by Gasteiger charge is -2.36. The molecule has 1 saturated heterocycles. The molecule has 0 radical (unpaired) electrons. The summed E-state index contributed by atoms with van der Waals surface area (Å²) in [5, 5.41) is 10.7. The fourth-order valence-electron chi connectivity index (χ4n) is 4.32. The fourth-order valence-corrected chi connectivity index (χ4v) is 4.32. The van der Waals surface area contributed by atoms with Gasteiger partial charge in [0.25, 0.3) is 5.91 Å². The summed E-state index contributed by atoms with van der Waals surface area (Å²) in [6, 6.07) is 8.66. The van der Waals surface area contributed by atoms with Crippen molar-refractivity contribution in [3.8, 4) is 0 Å². The molecular formula is C22H24F3N3O2. The van der Waals surface area contributed by atoms with Gasteiger partial charge in [-0.05, 0) is 31.0 Å². The van der Waals surface area contributed by atoms with E-state index >= 15 is 0 Å². The molecule has 30 heavy (non-hydrogen) atoms. The second-order valence-electron chi connectivity index (χ2n) is 7.97. The van der Waals surface area contributed by atoms with E-state index in [0.29, 0.717) is 26.2 Å². The van der Waals surface area contributed by atoms with E-state index in [4.69, 9.17) is 0 Å². The molecule has 8 heteroatoms. The van der Waals surface area contributed by atoms with Crippen molar-refractivity contribution in [2.45, 2.75) is 37.5 Å². The van der Waals surface area contributed by atoms with E-state index in [1.54, 1.807) is 6.20 Å². The Kier molecular flexibility index (Phi) is 5.44. The van der Waals surface area contributed by atoms with Gasteiger partial charge in [-0.2, -0.15) is 13.2 Å². The average molecular weight is 419 g/mol. The van der Waals surface area contributed by atoms with Crippen LogP contribution in [0.2, 0.25) is 0 Å². The number of alkyl halides is 3. The number of nitrogens with zero attached hydrogens (tertiary/aromatic N) is 3. The Hall–Kier alpha value is -2.61. The maximum atomic E-state index is 13.2. The van der Waals surface area contributed by atoms with Gasteiger partial charge in [0.15, 0.2) is 0 Å². The van der Waals surface area contributed by atoms with Crippen molar-refractivity contribution in [1.82, 2.24) is 9.88 Å². The first-order chi connectivity index (χ1) is 14.3. The van der Waals surface area contributed by atoms with Crippen LogP contribution in [0.3, 0.4) is 0 Å². The number of pyridine rings is 1. The molecule has 1 aromatic heterocycles. The van der Waals surface area contributed by atoms with Gasteiger partial charge >= 0.3 is 6.18 Å². The Morgan fingerprint density at radius 3 is 2.27 bits per heavy atom. The minimum Gasteiger partial charge on any atom is -0.385 e. The zero-order chi connectivity index (χ0) is 21.4. The highest BCUT2D eigenvalue weighted by atomic mass is 19.4. The molecule has 5 nitrogen and oxygen atoms in total. The topological polar surface area (TPSA) is 56.7 Å². The maximum Gasteiger partial charge on any atom is 0.417 e. The predicted octanol–water partition coefficient (Wildman–Crippen LogP) is 3.82. The van der Waals surface area contributed by atoms with Crippen LogP contribution < -0.4 is 4.90 Å². The standard InChI is InChI=1S/C22H24F3N3O2/c23-22(24,25)18-6-2-1-5-17(18)20(29)28-13-11-27(12-14-28)19-8-7-16(15-26-19)21(30)9-3-4-10-21/h1-2,5-8,15,30H,3-4,9-14H2. The first-order valence-electron chi connectivity index (χ1n) is 10.2. The zero-order valence-electron chi connectivity index (χ0n) is 16.5. The molecule has 1 aliphatic heterocycles. The highest BCUT2D eigenvalue weighted by Gasteiger charge is 2.37. The molecule has 1 aromatic carbocycles. The summed E-state index contributed by atoms with van der Waals surface area (Å²) in [5.41, 5.74) is -1.19. The SMILES string of the molecule is O=C(c1ccccc1C(F)(F)F)N1CCN(c2ccc(C3(O)CCCC3)cn2)CC1. The third kappa shape index (κ3) is 4.01. The molecule has 1 aliphatic carbocycles. The normalized spacial score (nSPS) is 19.2. The number of amides is 1. The van der Waals surface area contributed by atoms with E-state index in [0.717, 1.165) is 43.1 Å². The highest BCUT2D eigenvalue weighted by molar-refractivity contribution is 5.96. The van der Waals surface area contributed by atoms with Crippen molar-refractivity contribution >= 4 is 11.7 Å².